The Morgan fingerprint density at radius 2 is 1.88 bits per heavy atom. The van der Waals surface area contributed by atoms with Gasteiger partial charge in [-0.1, -0.05) is 23.7 Å². The highest BCUT2D eigenvalue weighted by Gasteiger charge is 2.33. The normalized spacial score (nSPS) is 15.2. The molecule has 160 valence electrons. The summed E-state index contributed by atoms with van der Waals surface area (Å²) in [7, 11) is 1.62. The number of anilines is 1. The molecule has 1 amide bonds. The van der Waals surface area contributed by atoms with Crippen LogP contribution in [0.25, 0.3) is 17.2 Å². The monoisotopic (exact) mass is 446 g/mol. The van der Waals surface area contributed by atoms with Gasteiger partial charge in [-0.05, 0) is 48.9 Å². The minimum Gasteiger partial charge on any atom is -0.497 e. The van der Waals surface area contributed by atoms with Crippen molar-refractivity contribution in [2.45, 2.75) is 19.3 Å². The third kappa shape index (κ3) is 3.58. The van der Waals surface area contributed by atoms with Crippen molar-refractivity contribution in [3.63, 3.8) is 0 Å². The van der Waals surface area contributed by atoms with Crippen molar-refractivity contribution in [3.05, 3.63) is 76.6 Å². The fourth-order valence-corrected chi connectivity index (χ4v) is 4.08. The molecule has 0 fully saturated rings. The van der Waals surface area contributed by atoms with E-state index in [1.54, 1.807) is 18.0 Å². The molecule has 3 heterocycles. The number of nitrogens with zero attached hydrogens (tertiary/aromatic N) is 5. The highest BCUT2D eigenvalue weighted by atomic mass is 35.5. The average Bonchev–Trinajstić information content (AvgIpc) is 3.15. The Hall–Kier alpha value is -3.78. The van der Waals surface area contributed by atoms with Gasteiger partial charge in [0.05, 0.1) is 24.7 Å². The van der Waals surface area contributed by atoms with Crippen LogP contribution in [0.15, 0.2) is 54.7 Å². The number of methoxy groups -OCH3 is 1. The standard InChI is InChI=1S/C23H19ClN6O2/c1-13-21-18(14-3-7-16(24)8-4-14)11-20(31)27-22(21)30(29-13)23-26-19(12-25-28-23)15-5-9-17(32-2)10-6-15/h3-10,12,18H,11H2,1-2H3,(H,27,31). The number of rotatable bonds is 4. The van der Waals surface area contributed by atoms with Gasteiger partial charge in [-0.15, -0.1) is 5.10 Å². The molecule has 2 aromatic heterocycles. The zero-order chi connectivity index (χ0) is 22.2. The maximum Gasteiger partial charge on any atom is 0.272 e. The number of aryl methyl sites for hydroxylation is 1. The lowest BCUT2D eigenvalue weighted by molar-refractivity contribution is -0.116. The van der Waals surface area contributed by atoms with Crippen molar-refractivity contribution < 1.29 is 9.53 Å². The van der Waals surface area contributed by atoms with Crippen molar-refractivity contribution in [2.24, 2.45) is 0 Å². The van der Waals surface area contributed by atoms with Crippen molar-refractivity contribution in [3.8, 4) is 23.0 Å². The van der Waals surface area contributed by atoms with Gasteiger partial charge < -0.3 is 10.1 Å². The zero-order valence-corrected chi connectivity index (χ0v) is 18.2. The second-order valence-corrected chi connectivity index (χ2v) is 7.92. The minimum atomic E-state index is -0.137. The molecular weight excluding hydrogens is 428 g/mol. The molecule has 0 saturated carbocycles. The number of aromatic nitrogens is 5. The number of amides is 1. The summed E-state index contributed by atoms with van der Waals surface area (Å²) in [5, 5.41) is 16.5. The number of halogens is 1. The van der Waals surface area contributed by atoms with Gasteiger partial charge in [0.15, 0.2) is 0 Å². The van der Waals surface area contributed by atoms with Crippen molar-refractivity contribution in [1.82, 2.24) is 25.0 Å². The van der Waals surface area contributed by atoms with E-state index in [1.165, 1.54) is 0 Å². The fourth-order valence-electron chi connectivity index (χ4n) is 3.96. The summed E-state index contributed by atoms with van der Waals surface area (Å²) in [5.74, 6) is 1.36. The van der Waals surface area contributed by atoms with E-state index in [4.69, 9.17) is 16.3 Å². The van der Waals surface area contributed by atoms with E-state index in [0.29, 0.717) is 23.0 Å². The maximum atomic E-state index is 12.6. The first-order valence-electron chi connectivity index (χ1n) is 10.0. The Bertz CT molecular complexity index is 1300. The number of carbonyl (C=O) groups excluding carboxylic acids is 1. The van der Waals surface area contributed by atoms with Gasteiger partial charge in [-0.25, -0.2) is 4.98 Å². The molecule has 2 aromatic carbocycles. The predicted octanol–water partition coefficient (Wildman–Crippen LogP) is 4.17. The molecule has 32 heavy (non-hydrogen) atoms. The molecule has 0 bridgehead atoms. The molecular formula is C23H19ClN6O2. The third-order valence-electron chi connectivity index (χ3n) is 5.50. The summed E-state index contributed by atoms with van der Waals surface area (Å²) in [5.41, 5.74) is 4.22. The molecule has 1 unspecified atom stereocenters. The van der Waals surface area contributed by atoms with Crippen LogP contribution in [0.5, 0.6) is 5.75 Å². The van der Waals surface area contributed by atoms with Gasteiger partial charge in [0.2, 0.25) is 5.91 Å². The SMILES string of the molecule is COc1ccc(-c2cnnc(-n3nc(C)c4c3NC(=O)CC4c3ccc(Cl)cc3)n2)cc1. The molecule has 1 aliphatic heterocycles. The van der Waals surface area contributed by atoms with Crippen molar-refractivity contribution in [2.75, 3.05) is 12.4 Å². The number of carbonyl (C=O) groups is 1. The summed E-state index contributed by atoms with van der Waals surface area (Å²) in [4.78, 5) is 17.2. The highest BCUT2D eigenvalue weighted by Crippen LogP contribution is 2.40. The molecule has 1 atom stereocenters. The van der Waals surface area contributed by atoms with Gasteiger partial charge in [-0.3, -0.25) is 4.79 Å². The van der Waals surface area contributed by atoms with Crippen LogP contribution in [0, 0.1) is 6.92 Å². The van der Waals surface area contributed by atoms with E-state index < -0.39 is 0 Å². The van der Waals surface area contributed by atoms with Gasteiger partial charge in [0, 0.05) is 28.5 Å². The van der Waals surface area contributed by atoms with Gasteiger partial charge >= 0.3 is 0 Å². The van der Waals surface area contributed by atoms with E-state index in [9.17, 15) is 4.79 Å². The minimum absolute atomic E-state index is 0.0992. The van der Waals surface area contributed by atoms with E-state index >= 15 is 0 Å². The van der Waals surface area contributed by atoms with Crippen molar-refractivity contribution >= 4 is 23.3 Å². The summed E-state index contributed by atoms with van der Waals surface area (Å²) in [6, 6.07) is 15.0. The first-order chi connectivity index (χ1) is 15.5. The molecule has 8 nitrogen and oxygen atoms in total. The Labute approximate surface area is 189 Å². The lowest BCUT2D eigenvalue weighted by Gasteiger charge is -2.24. The van der Waals surface area contributed by atoms with E-state index in [2.05, 4.69) is 25.6 Å². The molecule has 0 radical (unpaired) electrons. The third-order valence-corrected chi connectivity index (χ3v) is 5.75. The lowest BCUT2D eigenvalue weighted by Crippen LogP contribution is -2.25. The van der Waals surface area contributed by atoms with E-state index in [1.807, 2.05) is 55.5 Å². The van der Waals surface area contributed by atoms with Gasteiger partial charge in [0.1, 0.15) is 11.6 Å². The molecule has 1 N–H and O–H groups in total. The van der Waals surface area contributed by atoms with E-state index in [-0.39, 0.29) is 17.8 Å². The topological polar surface area (TPSA) is 94.8 Å². The number of hydrogen-bond donors (Lipinski definition) is 1. The van der Waals surface area contributed by atoms with Crippen LogP contribution in [-0.2, 0) is 4.79 Å². The van der Waals surface area contributed by atoms with Crippen LogP contribution >= 0.6 is 11.6 Å². The smallest absolute Gasteiger partial charge is 0.272 e. The first kappa shape index (κ1) is 20.1. The summed E-state index contributed by atoms with van der Waals surface area (Å²) < 4.78 is 6.76. The Balaban J connectivity index is 1.58. The second-order valence-electron chi connectivity index (χ2n) is 7.49. The number of hydrogen-bond acceptors (Lipinski definition) is 6. The number of benzene rings is 2. The number of nitrogens with one attached hydrogen (secondary N) is 1. The van der Waals surface area contributed by atoms with Crippen LogP contribution in [0.2, 0.25) is 5.02 Å². The summed E-state index contributed by atoms with van der Waals surface area (Å²) in [6.07, 6.45) is 1.91. The number of fused-ring (bicyclic) bond motifs is 1. The predicted molar refractivity (Wildman–Crippen MR) is 120 cm³/mol. The molecule has 0 spiro atoms. The van der Waals surface area contributed by atoms with Crippen LogP contribution in [0.4, 0.5) is 5.82 Å². The fraction of sp³-hybridized carbons (Fsp3) is 0.174. The van der Waals surface area contributed by atoms with Crippen LogP contribution in [-0.4, -0.2) is 38.0 Å². The summed E-state index contributed by atoms with van der Waals surface area (Å²) in [6.45, 7) is 1.91. The Kier molecular flexibility index (Phi) is 5.07. The molecule has 4 aromatic rings. The average molecular weight is 447 g/mol. The van der Waals surface area contributed by atoms with Crippen LogP contribution < -0.4 is 10.1 Å². The molecule has 5 rings (SSSR count). The lowest BCUT2D eigenvalue weighted by atomic mass is 9.86. The zero-order valence-electron chi connectivity index (χ0n) is 17.4. The van der Waals surface area contributed by atoms with E-state index in [0.717, 1.165) is 28.1 Å². The second kappa shape index (κ2) is 8.05. The van der Waals surface area contributed by atoms with Gasteiger partial charge in [-0.2, -0.15) is 14.9 Å². The van der Waals surface area contributed by atoms with Crippen LogP contribution in [0.3, 0.4) is 0 Å². The van der Waals surface area contributed by atoms with Gasteiger partial charge in [0.25, 0.3) is 5.95 Å². The summed E-state index contributed by atoms with van der Waals surface area (Å²) >= 11 is 6.05. The quantitative estimate of drug-likeness (QED) is 0.505. The largest absolute Gasteiger partial charge is 0.497 e. The number of ether oxygens (including phenoxy) is 1. The highest BCUT2D eigenvalue weighted by molar-refractivity contribution is 6.30. The molecule has 0 saturated heterocycles. The first-order valence-corrected chi connectivity index (χ1v) is 10.4. The Morgan fingerprint density at radius 1 is 1.12 bits per heavy atom. The molecule has 0 aliphatic carbocycles. The molecule has 1 aliphatic rings. The molecule has 9 heteroatoms. The Morgan fingerprint density at radius 3 is 2.59 bits per heavy atom. The maximum absolute atomic E-state index is 12.6. The van der Waals surface area contributed by atoms with Crippen molar-refractivity contribution in [1.29, 1.82) is 0 Å². The van der Waals surface area contributed by atoms with Crippen LogP contribution in [0.1, 0.15) is 29.2 Å².